The molecule has 1 aromatic heterocycles. The van der Waals surface area contributed by atoms with Crippen LogP contribution in [0.3, 0.4) is 0 Å². The summed E-state index contributed by atoms with van der Waals surface area (Å²) in [6, 6.07) is 16.4. The zero-order valence-corrected chi connectivity index (χ0v) is 14.6. The Hall–Kier alpha value is -3.68. The molecule has 3 rings (SSSR count). The molecule has 27 heavy (non-hydrogen) atoms. The van der Waals surface area contributed by atoms with Gasteiger partial charge in [0.25, 0.3) is 0 Å². The van der Waals surface area contributed by atoms with Crippen LogP contribution in [0.5, 0.6) is 5.75 Å². The van der Waals surface area contributed by atoms with Crippen molar-refractivity contribution < 1.29 is 18.8 Å². The minimum Gasteiger partial charge on any atom is -0.485 e. The Morgan fingerprint density at radius 1 is 1.11 bits per heavy atom. The molecule has 0 aliphatic carbocycles. The molecule has 0 aliphatic heterocycles. The molecule has 2 N–H and O–H groups in total. The van der Waals surface area contributed by atoms with Gasteiger partial charge in [0.05, 0.1) is 0 Å². The predicted octanol–water partition coefficient (Wildman–Crippen LogP) is 2.54. The van der Waals surface area contributed by atoms with Crippen LogP contribution in [0.25, 0.3) is 0 Å². The standard InChI is InChI=1S/C19H18N4O4/c1-13(24)21-15-8-5-9-16(10-15)26-12-17-22-19(27-23-17)18(25)20-11-14-6-3-2-4-7-14/h2-10H,11-12H2,1H3,(H,20,25)(H,21,24). The zero-order valence-electron chi connectivity index (χ0n) is 14.6. The second-order valence-corrected chi connectivity index (χ2v) is 5.68. The molecular weight excluding hydrogens is 348 g/mol. The maximum Gasteiger partial charge on any atom is 0.316 e. The van der Waals surface area contributed by atoms with E-state index in [-0.39, 0.29) is 24.2 Å². The van der Waals surface area contributed by atoms with Crippen LogP contribution in [0.1, 0.15) is 29.0 Å². The molecule has 2 amide bonds. The third kappa shape index (κ3) is 5.40. The number of aromatic nitrogens is 2. The molecule has 8 nitrogen and oxygen atoms in total. The number of rotatable bonds is 7. The Kier molecular flexibility index (Phi) is 5.78. The van der Waals surface area contributed by atoms with Crippen molar-refractivity contribution in [2.24, 2.45) is 0 Å². The average molecular weight is 366 g/mol. The van der Waals surface area contributed by atoms with Crippen LogP contribution in [-0.4, -0.2) is 22.0 Å². The molecular formula is C19H18N4O4. The Labute approximate surface area is 155 Å². The summed E-state index contributed by atoms with van der Waals surface area (Å²) in [7, 11) is 0. The first-order valence-corrected chi connectivity index (χ1v) is 8.25. The first-order chi connectivity index (χ1) is 13.1. The highest BCUT2D eigenvalue weighted by Crippen LogP contribution is 2.18. The van der Waals surface area contributed by atoms with Crippen LogP contribution < -0.4 is 15.4 Å². The van der Waals surface area contributed by atoms with E-state index in [2.05, 4.69) is 20.8 Å². The highest BCUT2D eigenvalue weighted by atomic mass is 16.5. The fourth-order valence-electron chi connectivity index (χ4n) is 2.27. The van der Waals surface area contributed by atoms with Gasteiger partial charge in [-0.05, 0) is 17.7 Å². The molecule has 0 bridgehead atoms. The van der Waals surface area contributed by atoms with Crippen LogP contribution >= 0.6 is 0 Å². The fraction of sp³-hybridized carbons (Fsp3) is 0.158. The summed E-state index contributed by atoms with van der Waals surface area (Å²) in [5.41, 5.74) is 1.59. The van der Waals surface area contributed by atoms with Gasteiger partial charge in [0.1, 0.15) is 5.75 Å². The SMILES string of the molecule is CC(=O)Nc1cccc(OCc2noc(C(=O)NCc3ccccc3)n2)c1. The van der Waals surface area contributed by atoms with Gasteiger partial charge >= 0.3 is 11.8 Å². The number of hydrogen-bond donors (Lipinski definition) is 2. The summed E-state index contributed by atoms with van der Waals surface area (Å²) in [4.78, 5) is 27.2. The zero-order chi connectivity index (χ0) is 19.1. The minimum absolute atomic E-state index is 0.0268. The molecule has 8 heteroatoms. The average Bonchev–Trinajstić information content (AvgIpc) is 3.14. The van der Waals surface area contributed by atoms with Gasteiger partial charge in [0.15, 0.2) is 6.61 Å². The van der Waals surface area contributed by atoms with Gasteiger partial charge in [0, 0.05) is 25.2 Å². The number of benzene rings is 2. The third-order valence-electron chi connectivity index (χ3n) is 3.48. The van der Waals surface area contributed by atoms with Crippen LogP contribution in [0.2, 0.25) is 0 Å². The quantitative estimate of drug-likeness (QED) is 0.665. The van der Waals surface area contributed by atoms with E-state index in [0.29, 0.717) is 18.0 Å². The number of carbonyl (C=O) groups is 2. The second kappa shape index (κ2) is 8.61. The van der Waals surface area contributed by atoms with Crippen molar-refractivity contribution >= 4 is 17.5 Å². The Balaban J connectivity index is 1.53. The molecule has 0 saturated carbocycles. The Morgan fingerprint density at radius 2 is 1.93 bits per heavy atom. The molecule has 0 atom stereocenters. The highest BCUT2D eigenvalue weighted by Gasteiger charge is 2.15. The van der Waals surface area contributed by atoms with Crippen molar-refractivity contribution in [2.45, 2.75) is 20.1 Å². The molecule has 2 aromatic carbocycles. The van der Waals surface area contributed by atoms with Crippen molar-refractivity contribution in [3.05, 3.63) is 71.9 Å². The molecule has 1 heterocycles. The number of anilines is 1. The van der Waals surface area contributed by atoms with Gasteiger partial charge in [-0.2, -0.15) is 4.98 Å². The number of ether oxygens (including phenoxy) is 1. The number of amides is 2. The first kappa shape index (κ1) is 18.1. The Bertz CT molecular complexity index is 924. The number of nitrogens with one attached hydrogen (secondary N) is 2. The van der Waals surface area contributed by atoms with Crippen molar-refractivity contribution in [1.29, 1.82) is 0 Å². The molecule has 0 radical (unpaired) electrons. The van der Waals surface area contributed by atoms with Gasteiger partial charge in [-0.1, -0.05) is 41.6 Å². The van der Waals surface area contributed by atoms with E-state index in [1.165, 1.54) is 6.92 Å². The second-order valence-electron chi connectivity index (χ2n) is 5.68. The van der Waals surface area contributed by atoms with E-state index < -0.39 is 5.91 Å². The minimum atomic E-state index is -0.453. The van der Waals surface area contributed by atoms with E-state index in [4.69, 9.17) is 9.26 Å². The maximum atomic E-state index is 12.1. The summed E-state index contributed by atoms with van der Waals surface area (Å²) in [6.07, 6.45) is 0. The van der Waals surface area contributed by atoms with Crippen LogP contribution in [0, 0.1) is 0 Å². The summed E-state index contributed by atoms with van der Waals surface area (Å²) in [6.45, 7) is 1.82. The highest BCUT2D eigenvalue weighted by molar-refractivity contribution is 5.89. The number of carbonyl (C=O) groups excluding carboxylic acids is 2. The normalized spacial score (nSPS) is 10.3. The van der Waals surface area contributed by atoms with Crippen molar-refractivity contribution in [2.75, 3.05) is 5.32 Å². The van der Waals surface area contributed by atoms with Crippen molar-refractivity contribution in [3.63, 3.8) is 0 Å². The van der Waals surface area contributed by atoms with E-state index in [1.54, 1.807) is 24.3 Å². The number of nitrogens with zero attached hydrogens (tertiary/aromatic N) is 2. The number of hydrogen-bond acceptors (Lipinski definition) is 6. The lowest BCUT2D eigenvalue weighted by Crippen LogP contribution is -2.23. The summed E-state index contributed by atoms with van der Waals surface area (Å²) >= 11 is 0. The predicted molar refractivity (Wildman–Crippen MR) is 97.0 cm³/mol. The molecule has 0 aliphatic rings. The lowest BCUT2D eigenvalue weighted by molar-refractivity contribution is -0.114. The molecule has 3 aromatic rings. The molecule has 0 spiro atoms. The molecule has 138 valence electrons. The van der Waals surface area contributed by atoms with Gasteiger partial charge in [-0.15, -0.1) is 0 Å². The largest absolute Gasteiger partial charge is 0.485 e. The van der Waals surface area contributed by atoms with Crippen LogP contribution in [0.4, 0.5) is 5.69 Å². The van der Waals surface area contributed by atoms with Gasteiger partial charge in [0.2, 0.25) is 11.7 Å². The van der Waals surface area contributed by atoms with Gasteiger partial charge in [-0.3, -0.25) is 9.59 Å². The summed E-state index contributed by atoms with van der Waals surface area (Å²) in [5, 5.41) is 9.12. The lowest BCUT2D eigenvalue weighted by atomic mass is 10.2. The van der Waals surface area contributed by atoms with Crippen molar-refractivity contribution in [3.8, 4) is 5.75 Å². The van der Waals surface area contributed by atoms with Crippen molar-refractivity contribution in [1.82, 2.24) is 15.5 Å². The van der Waals surface area contributed by atoms with E-state index in [0.717, 1.165) is 5.56 Å². The monoisotopic (exact) mass is 366 g/mol. The molecule has 0 saturated heterocycles. The lowest BCUT2D eigenvalue weighted by Gasteiger charge is -2.06. The third-order valence-corrected chi connectivity index (χ3v) is 3.48. The molecule has 0 fully saturated rings. The first-order valence-electron chi connectivity index (χ1n) is 8.25. The van der Waals surface area contributed by atoms with E-state index in [1.807, 2.05) is 30.3 Å². The topological polar surface area (TPSA) is 106 Å². The maximum absolute atomic E-state index is 12.1. The summed E-state index contributed by atoms with van der Waals surface area (Å²) < 4.78 is 10.5. The fourth-order valence-corrected chi connectivity index (χ4v) is 2.27. The van der Waals surface area contributed by atoms with E-state index >= 15 is 0 Å². The van der Waals surface area contributed by atoms with Crippen LogP contribution in [0.15, 0.2) is 59.1 Å². The van der Waals surface area contributed by atoms with E-state index in [9.17, 15) is 9.59 Å². The van der Waals surface area contributed by atoms with Gasteiger partial charge in [-0.25, -0.2) is 0 Å². The Morgan fingerprint density at radius 3 is 2.70 bits per heavy atom. The molecule has 0 unspecified atom stereocenters. The smallest absolute Gasteiger partial charge is 0.316 e. The van der Waals surface area contributed by atoms with Crippen LogP contribution in [-0.2, 0) is 17.9 Å². The van der Waals surface area contributed by atoms with Gasteiger partial charge < -0.3 is 19.9 Å². The summed E-state index contributed by atoms with van der Waals surface area (Å²) in [5.74, 6) is 0.0178.